The summed E-state index contributed by atoms with van der Waals surface area (Å²) in [6, 6.07) is 10.1. The lowest BCUT2D eigenvalue weighted by atomic mass is 9.76. The molecule has 1 saturated heterocycles. The van der Waals surface area contributed by atoms with Gasteiger partial charge in [0.1, 0.15) is 10.5 Å². The van der Waals surface area contributed by atoms with Gasteiger partial charge in [0.2, 0.25) is 11.7 Å². The van der Waals surface area contributed by atoms with Gasteiger partial charge >= 0.3 is 6.18 Å². The molecular formula is C29H31F3N6O3S2. The summed E-state index contributed by atoms with van der Waals surface area (Å²) >= 11 is 1.32. The van der Waals surface area contributed by atoms with Crippen LogP contribution in [0, 0.1) is 17.2 Å². The molecule has 0 unspecified atom stereocenters. The Morgan fingerprint density at radius 3 is 2.33 bits per heavy atom. The number of thiazole rings is 1. The molecule has 2 aliphatic carbocycles. The summed E-state index contributed by atoms with van der Waals surface area (Å²) in [5.41, 5.74) is 2.08. The van der Waals surface area contributed by atoms with Gasteiger partial charge in [-0.05, 0) is 43.4 Å². The fourth-order valence-corrected chi connectivity index (χ4v) is 8.14. The lowest BCUT2D eigenvalue weighted by Crippen LogP contribution is -2.42. The Labute approximate surface area is 252 Å². The van der Waals surface area contributed by atoms with Gasteiger partial charge in [-0.15, -0.1) is 11.3 Å². The molecule has 1 aliphatic heterocycles. The van der Waals surface area contributed by atoms with Crippen molar-refractivity contribution in [3.63, 3.8) is 0 Å². The zero-order valence-electron chi connectivity index (χ0n) is 23.2. The van der Waals surface area contributed by atoms with Crippen molar-refractivity contribution in [1.29, 1.82) is 5.26 Å². The largest absolute Gasteiger partial charge is 0.451 e. The second-order valence-electron chi connectivity index (χ2n) is 11.5. The van der Waals surface area contributed by atoms with E-state index in [4.69, 9.17) is 4.98 Å². The number of benzene rings is 1. The molecule has 228 valence electrons. The van der Waals surface area contributed by atoms with Crippen LogP contribution in [0.5, 0.6) is 0 Å². The fraction of sp³-hybridized carbons (Fsp3) is 0.483. The van der Waals surface area contributed by atoms with Crippen molar-refractivity contribution in [2.45, 2.75) is 56.2 Å². The van der Waals surface area contributed by atoms with E-state index in [1.807, 2.05) is 24.3 Å². The van der Waals surface area contributed by atoms with E-state index in [1.165, 1.54) is 11.3 Å². The first-order chi connectivity index (χ1) is 20.5. The third-order valence-corrected chi connectivity index (χ3v) is 11.3. The molecule has 0 bridgehead atoms. The van der Waals surface area contributed by atoms with Gasteiger partial charge in [-0.3, -0.25) is 13.9 Å². The van der Waals surface area contributed by atoms with Gasteiger partial charge in [0, 0.05) is 48.6 Å². The van der Waals surface area contributed by atoms with Crippen molar-refractivity contribution >= 4 is 33.5 Å². The van der Waals surface area contributed by atoms with Crippen LogP contribution in [0.2, 0.25) is 0 Å². The second kappa shape index (κ2) is 11.4. The Bertz CT molecular complexity index is 1520. The van der Waals surface area contributed by atoms with Crippen molar-refractivity contribution < 1.29 is 27.1 Å². The standard InChI is InChI=1S/C29H31F3N6O3S2/c30-29(31,32)27-34-15-19(16-35-27)26-36-23(21-3-1-2-4-22(21)25(39)37-28(17-33)9-10-28)24(42-26)18-5-7-20(8-6-18)38-11-13-43(40,41)14-12-38/h5-8,15-16,21-22,40-41H,1-4,9-14H2,(H,37,39)/t21-,22-/m1/s1. The molecule has 2 aromatic heterocycles. The molecule has 1 aromatic carbocycles. The van der Waals surface area contributed by atoms with Crippen molar-refractivity contribution in [2.75, 3.05) is 29.5 Å². The van der Waals surface area contributed by atoms with Crippen molar-refractivity contribution in [2.24, 2.45) is 5.92 Å². The highest BCUT2D eigenvalue weighted by Gasteiger charge is 2.47. The van der Waals surface area contributed by atoms with E-state index in [0.29, 0.717) is 60.1 Å². The number of hydrogen-bond acceptors (Lipinski definition) is 9. The van der Waals surface area contributed by atoms with Crippen LogP contribution in [-0.4, -0.2) is 60.1 Å². The minimum absolute atomic E-state index is 0.159. The number of carbonyl (C=O) groups excluding carboxylic acids is 1. The van der Waals surface area contributed by atoms with Crippen LogP contribution in [0.1, 0.15) is 56.0 Å². The van der Waals surface area contributed by atoms with Gasteiger partial charge in [0.15, 0.2) is 0 Å². The molecule has 3 aromatic rings. The molecule has 2 atom stereocenters. The molecule has 3 aliphatic rings. The molecule has 0 radical (unpaired) electrons. The Balaban J connectivity index is 1.35. The van der Waals surface area contributed by atoms with E-state index in [2.05, 4.69) is 26.3 Å². The van der Waals surface area contributed by atoms with Gasteiger partial charge in [0.25, 0.3) is 0 Å². The van der Waals surface area contributed by atoms with Crippen LogP contribution < -0.4 is 10.2 Å². The molecule has 3 heterocycles. The number of anilines is 1. The highest BCUT2D eigenvalue weighted by Crippen LogP contribution is 2.47. The number of alkyl halides is 3. The molecule has 0 spiro atoms. The number of nitrogens with one attached hydrogen (secondary N) is 1. The van der Waals surface area contributed by atoms with Gasteiger partial charge in [-0.2, -0.15) is 29.0 Å². The molecule has 14 heteroatoms. The van der Waals surface area contributed by atoms with Crippen LogP contribution in [0.3, 0.4) is 0 Å². The number of nitrogens with zero attached hydrogens (tertiary/aromatic N) is 5. The molecule has 2 saturated carbocycles. The zero-order valence-corrected chi connectivity index (χ0v) is 24.8. The quantitative estimate of drug-likeness (QED) is 0.288. The molecule has 3 N–H and O–H groups in total. The molecule has 9 nitrogen and oxygen atoms in total. The molecular weight excluding hydrogens is 601 g/mol. The molecule has 3 fully saturated rings. The van der Waals surface area contributed by atoms with E-state index in [9.17, 15) is 32.3 Å². The van der Waals surface area contributed by atoms with Crippen molar-refractivity contribution in [1.82, 2.24) is 20.3 Å². The monoisotopic (exact) mass is 632 g/mol. The van der Waals surface area contributed by atoms with E-state index < -0.39 is 28.1 Å². The maximum atomic E-state index is 13.5. The predicted octanol–water partition coefficient (Wildman–Crippen LogP) is 6.30. The number of amides is 1. The topological polar surface area (TPSA) is 135 Å². The average molecular weight is 633 g/mol. The van der Waals surface area contributed by atoms with Gasteiger partial charge in [-0.25, -0.2) is 15.0 Å². The predicted molar refractivity (Wildman–Crippen MR) is 159 cm³/mol. The van der Waals surface area contributed by atoms with Crippen molar-refractivity contribution in [3.8, 4) is 27.1 Å². The van der Waals surface area contributed by atoms with E-state index in [0.717, 1.165) is 47.8 Å². The third-order valence-electron chi connectivity index (χ3n) is 8.46. The summed E-state index contributed by atoms with van der Waals surface area (Å²) in [6.07, 6.45) is 2.01. The summed E-state index contributed by atoms with van der Waals surface area (Å²) in [5.74, 6) is -1.35. The van der Waals surface area contributed by atoms with Crippen LogP contribution in [0.4, 0.5) is 18.9 Å². The number of halogens is 3. The van der Waals surface area contributed by atoms with Crippen LogP contribution in [0.15, 0.2) is 36.7 Å². The second-order valence-corrected chi connectivity index (χ2v) is 14.9. The highest BCUT2D eigenvalue weighted by molar-refractivity contribution is 8.24. The zero-order chi connectivity index (χ0) is 30.4. The van der Waals surface area contributed by atoms with E-state index in [-0.39, 0.29) is 17.7 Å². The van der Waals surface area contributed by atoms with Crippen molar-refractivity contribution in [3.05, 3.63) is 48.2 Å². The lowest BCUT2D eigenvalue weighted by molar-refractivity contribution is -0.145. The molecule has 43 heavy (non-hydrogen) atoms. The minimum Gasteiger partial charge on any atom is -0.368 e. The van der Waals surface area contributed by atoms with Gasteiger partial charge in [-0.1, -0.05) is 25.0 Å². The van der Waals surface area contributed by atoms with Gasteiger partial charge < -0.3 is 10.2 Å². The smallest absolute Gasteiger partial charge is 0.368 e. The number of aromatic nitrogens is 3. The van der Waals surface area contributed by atoms with E-state index in [1.54, 1.807) is 0 Å². The first-order valence-electron chi connectivity index (χ1n) is 14.2. The third kappa shape index (κ3) is 6.35. The number of rotatable bonds is 6. The first-order valence-corrected chi connectivity index (χ1v) is 16.9. The lowest BCUT2D eigenvalue weighted by Gasteiger charge is -2.41. The molecule has 6 rings (SSSR count). The average Bonchev–Trinajstić information content (AvgIpc) is 3.63. The Morgan fingerprint density at radius 1 is 1.07 bits per heavy atom. The maximum absolute atomic E-state index is 13.5. The first kappa shape index (κ1) is 29.8. The fourth-order valence-electron chi connectivity index (χ4n) is 5.80. The van der Waals surface area contributed by atoms with E-state index >= 15 is 0 Å². The number of carbonyl (C=O) groups is 1. The number of nitriles is 1. The molecule has 1 amide bonds. The normalized spacial score (nSPS) is 23.7. The van der Waals surface area contributed by atoms with Gasteiger partial charge in [0.05, 0.1) is 28.1 Å². The minimum atomic E-state index is -4.66. The SMILES string of the molecule is N#CC1(NC(=O)[C@@H]2CCCC[C@H]2c2nc(-c3cnc(C(F)(F)F)nc3)sc2-c2ccc(N3CCS(O)(O)CC3)cc2)CC1. The Morgan fingerprint density at radius 2 is 1.72 bits per heavy atom. The summed E-state index contributed by atoms with van der Waals surface area (Å²) in [5, 5.41) is 13.0. The van der Waals surface area contributed by atoms with Crippen LogP contribution in [0.25, 0.3) is 21.0 Å². The summed E-state index contributed by atoms with van der Waals surface area (Å²) in [7, 11) is -2.52. The maximum Gasteiger partial charge on any atom is 0.451 e. The Kier molecular flexibility index (Phi) is 7.87. The summed E-state index contributed by atoms with van der Waals surface area (Å²) in [4.78, 5) is 28.3. The van der Waals surface area contributed by atoms with Crippen LogP contribution in [-0.2, 0) is 11.0 Å². The highest BCUT2D eigenvalue weighted by atomic mass is 32.3. The number of hydrogen-bond donors (Lipinski definition) is 3. The van der Waals surface area contributed by atoms with Crippen LogP contribution >= 0.6 is 21.9 Å². The summed E-state index contributed by atoms with van der Waals surface area (Å²) in [6.45, 7) is 1.07. The Hall–Kier alpha value is -3.25. The summed E-state index contributed by atoms with van der Waals surface area (Å²) < 4.78 is 59.3.